The SMILES string of the molecule is C=c1ccc2c(c1)Oc1cc(O)ccc1C=2c1ccc(NC(=S)CCCO)cc1C(=O)O. The molecule has 0 amide bonds. The number of aliphatic hydroxyl groups is 1. The topological polar surface area (TPSA) is 99.0 Å². The number of nitrogens with one attached hydrogen (secondary N) is 1. The van der Waals surface area contributed by atoms with Crippen LogP contribution in [0.4, 0.5) is 5.69 Å². The third-order valence-electron chi connectivity index (χ3n) is 5.13. The third kappa shape index (κ3) is 4.21. The first kappa shape index (κ1) is 21.5. The molecule has 0 aromatic heterocycles. The van der Waals surface area contributed by atoms with Crippen LogP contribution in [0, 0.1) is 0 Å². The highest BCUT2D eigenvalue weighted by Crippen LogP contribution is 2.39. The molecule has 1 aliphatic rings. The van der Waals surface area contributed by atoms with Gasteiger partial charge < -0.3 is 25.4 Å². The zero-order valence-corrected chi connectivity index (χ0v) is 17.9. The van der Waals surface area contributed by atoms with Crippen LogP contribution in [0.15, 0.2) is 54.6 Å². The van der Waals surface area contributed by atoms with Crippen molar-refractivity contribution in [2.45, 2.75) is 12.8 Å². The minimum Gasteiger partial charge on any atom is -0.508 e. The van der Waals surface area contributed by atoms with Gasteiger partial charge in [0.1, 0.15) is 17.2 Å². The molecule has 162 valence electrons. The van der Waals surface area contributed by atoms with Crippen LogP contribution in [0.3, 0.4) is 0 Å². The second kappa shape index (κ2) is 8.82. The molecule has 0 bridgehead atoms. The molecule has 0 saturated heterocycles. The fourth-order valence-electron chi connectivity index (χ4n) is 3.69. The molecule has 0 radical (unpaired) electrons. The highest BCUT2D eigenvalue weighted by Gasteiger charge is 2.24. The van der Waals surface area contributed by atoms with Crippen LogP contribution in [-0.4, -0.2) is 32.9 Å². The van der Waals surface area contributed by atoms with E-state index < -0.39 is 5.97 Å². The van der Waals surface area contributed by atoms with Crippen molar-refractivity contribution in [3.8, 4) is 17.2 Å². The van der Waals surface area contributed by atoms with Crippen LogP contribution in [0.1, 0.15) is 34.3 Å². The third-order valence-corrected chi connectivity index (χ3v) is 5.44. The number of phenolic OH excluding ortho intramolecular Hbond substituents is 1. The molecule has 0 fully saturated rings. The number of aliphatic hydroxyl groups excluding tert-OH is 1. The maximum atomic E-state index is 12.2. The first-order valence-corrected chi connectivity index (χ1v) is 10.4. The van der Waals surface area contributed by atoms with Gasteiger partial charge in [0.05, 0.1) is 10.6 Å². The number of thiocarbonyl (C=S) groups is 1. The van der Waals surface area contributed by atoms with E-state index in [1.165, 1.54) is 6.07 Å². The van der Waals surface area contributed by atoms with Gasteiger partial charge in [0.25, 0.3) is 0 Å². The summed E-state index contributed by atoms with van der Waals surface area (Å²) in [7, 11) is 0. The fraction of sp³-hybridized carbons (Fsp3) is 0.120. The molecular formula is C25H21NO5S. The Morgan fingerprint density at radius 3 is 2.56 bits per heavy atom. The average molecular weight is 448 g/mol. The van der Waals surface area contributed by atoms with E-state index in [0.717, 1.165) is 10.4 Å². The molecule has 6 nitrogen and oxygen atoms in total. The number of hydrogen-bond donors (Lipinski definition) is 4. The van der Waals surface area contributed by atoms with E-state index in [-0.39, 0.29) is 17.9 Å². The number of anilines is 1. The lowest BCUT2D eigenvalue weighted by molar-refractivity contribution is 0.0696. The zero-order chi connectivity index (χ0) is 22.8. The Hall–Kier alpha value is -3.68. The number of phenols is 1. The van der Waals surface area contributed by atoms with Crippen LogP contribution < -0.4 is 20.5 Å². The Morgan fingerprint density at radius 1 is 1.03 bits per heavy atom. The largest absolute Gasteiger partial charge is 0.508 e. The standard InChI is InChI=1S/C25H21NO5S/c1-14-4-7-18-21(11-14)31-22-13-16(28)6-9-19(22)24(18)17-8-5-15(12-20(17)25(29)30)26-23(32)3-2-10-27/h4-9,11-13,27-28H,1-3,10H2,(H,26,32)(H,29,30). The van der Waals surface area contributed by atoms with Crippen LogP contribution in [0.25, 0.3) is 12.2 Å². The van der Waals surface area contributed by atoms with Crippen molar-refractivity contribution in [1.82, 2.24) is 0 Å². The Kier molecular flexibility index (Phi) is 5.94. The summed E-state index contributed by atoms with van der Waals surface area (Å²) >= 11 is 5.28. The zero-order valence-electron chi connectivity index (χ0n) is 17.1. The second-order valence-electron chi connectivity index (χ2n) is 7.43. The van der Waals surface area contributed by atoms with E-state index >= 15 is 0 Å². The highest BCUT2D eigenvalue weighted by atomic mass is 32.1. The maximum Gasteiger partial charge on any atom is 0.336 e. The molecule has 3 aromatic carbocycles. The van der Waals surface area contributed by atoms with Gasteiger partial charge in [-0.3, -0.25) is 0 Å². The summed E-state index contributed by atoms with van der Waals surface area (Å²) in [5.74, 6) is -0.0672. The van der Waals surface area contributed by atoms with Crippen molar-refractivity contribution in [3.05, 3.63) is 81.7 Å². The Morgan fingerprint density at radius 2 is 1.81 bits per heavy atom. The summed E-state index contributed by atoms with van der Waals surface area (Å²) in [5, 5.41) is 33.4. The molecule has 4 rings (SSSR count). The summed E-state index contributed by atoms with van der Waals surface area (Å²) in [4.78, 5) is 12.7. The molecular weight excluding hydrogens is 426 g/mol. The molecule has 1 aliphatic heterocycles. The molecule has 0 unspecified atom stereocenters. The predicted octanol–water partition coefficient (Wildman–Crippen LogP) is 3.37. The summed E-state index contributed by atoms with van der Waals surface area (Å²) in [6.45, 7) is 3.97. The van der Waals surface area contributed by atoms with E-state index in [1.54, 1.807) is 36.4 Å². The van der Waals surface area contributed by atoms with Crippen molar-refractivity contribution in [3.63, 3.8) is 0 Å². The minimum absolute atomic E-state index is 0.0326. The number of rotatable bonds is 6. The number of aromatic carboxylic acids is 1. The van der Waals surface area contributed by atoms with Crippen LogP contribution in [0.5, 0.6) is 17.2 Å². The summed E-state index contributed by atoms with van der Waals surface area (Å²) < 4.78 is 5.99. The lowest BCUT2D eigenvalue weighted by Gasteiger charge is -2.22. The lowest BCUT2D eigenvalue weighted by atomic mass is 9.89. The van der Waals surface area contributed by atoms with E-state index in [4.69, 9.17) is 22.1 Å². The van der Waals surface area contributed by atoms with Crippen molar-refractivity contribution < 1.29 is 24.9 Å². The van der Waals surface area contributed by atoms with E-state index in [9.17, 15) is 15.0 Å². The smallest absolute Gasteiger partial charge is 0.336 e. The van der Waals surface area contributed by atoms with Gasteiger partial charge in [-0.15, -0.1) is 0 Å². The summed E-state index contributed by atoms with van der Waals surface area (Å²) in [5.41, 5.74) is 2.53. The molecule has 0 atom stereocenters. The molecule has 7 heteroatoms. The number of carboxylic acid groups (broad SMARTS) is 1. The number of fused-ring (bicyclic) bond motifs is 2. The molecule has 0 aliphatic carbocycles. The van der Waals surface area contributed by atoms with Gasteiger partial charge in [-0.05, 0) is 47.5 Å². The Labute approximate surface area is 189 Å². The van der Waals surface area contributed by atoms with E-state index in [1.807, 2.05) is 12.1 Å². The molecule has 4 N–H and O–H groups in total. The molecule has 3 aromatic rings. The van der Waals surface area contributed by atoms with E-state index in [2.05, 4.69) is 11.9 Å². The maximum absolute atomic E-state index is 12.2. The number of ether oxygens (including phenoxy) is 1. The van der Waals surface area contributed by atoms with Gasteiger partial charge in [0, 0.05) is 41.1 Å². The normalized spacial score (nSPS) is 11.8. The number of hydrogen-bond acceptors (Lipinski definition) is 5. The molecule has 0 saturated carbocycles. The van der Waals surface area contributed by atoms with Crippen LogP contribution >= 0.6 is 12.2 Å². The quantitative estimate of drug-likeness (QED) is 0.337. The highest BCUT2D eigenvalue weighted by molar-refractivity contribution is 7.80. The van der Waals surface area contributed by atoms with Crippen molar-refractivity contribution in [2.24, 2.45) is 0 Å². The molecule has 0 spiro atoms. The van der Waals surface area contributed by atoms with E-state index in [0.29, 0.717) is 51.7 Å². The average Bonchev–Trinajstić information content (AvgIpc) is 2.76. The lowest BCUT2D eigenvalue weighted by Crippen LogP contribution is -2.21. The number of carboxylic acids is 1. The molecule has 32 heavy (non-hydrogen) atoms. The van der Waals surface area contributed by atoms with Crippen LogP contribution in [-0.2, 0) is 0 Å². The second-order valence-corrected chi connectivity index (χ2v) is 7.92. The number of benzene rings is 3. The summed E-state index contributed by atoms with van der Waals surface area (Å²) in [6, 6.07) is 15.3. The number of aromatic hydroxyl groups is 1. The van der Waals surface area contributed by atoms with Gasteiger partial charge >= 0.3 is 5.97 Å². The Balaban J connectivity index is 1.91. The first-order valence-electron chi connectivity index (χ1n) is 10.0. The van der Waals surface area contributed by atoms with Gasteiger partial charge in [-0.2, -0.15) is 0 Å². The van der Waals surface area contributed by atoms with Gasteiger partial charge in [0.2, 0.25) is 0 Å². The molecule has 1 heterocycles. The monoisotopic (exact) mass is 447 g/mol. The van der Waals surface area contributed by atoms with Crippen molar-refractivity contribution in [2.75, 3.05) is 11.9 Å². The Bertz CT molecular complexity index is 1350. The minimum atomic E-state index is -1.08. The summed E-state index contributed by atoms with van der Waals surface area (Å²) in [6.07, 6.45) is 1.03. The number of carbonyl (C=O) groups is 1. The van der Waals surface area contributed by atoms with Gasteiger partial charge in [0.15, 0.2) is 0 Å². The first-order chi connectivity index (χ1) is 15.4. The van der Waals surface area contributed by atoms with Gasteiger partial charge in [-0.25, -0.2) is 4.79 Å². The van der Waals surface area contributed by atoms with Crippen molar-refractivity contribution >= 4 is 41.0 Å². The van der Waals surface area contributed by atoms with Gasteiger partial charge in [-0.1, -0.05) is 37.0 Å². The fourth-order valence-corrected chi connectivity index (χ4v) is 3.96. The predicted molar refractivity (Wildman–Crippen MR) is 127 cm³/mol. The van der Waals surface area contributed by atoms with Crippen LogP contribution in [0.2, 0.25) is 0 Å². The van der Waals surface area contributed by atoms with Crippen molar-refractivity contribution in [1.29, 1.82) is 0 Å².